The molecule has 0 radical (unpaired) electrons. The van der Waals surface area contributed by atoms with Crippen molar-refractivity contribution in [2.24, 2.45) is 0 Å². The maximum absolute atomic E-state index is 12.6. The van der Waals surface area contributed by atoms with Crippen LogP contribution in [-0.2, 0) is 11.3 Å². The summed E-state index contributed by atoms with van der Waals surface area (Å²) in [4.78, 5) is 39.6. The van der Waals surface area contributed by atoms with Crippen molar-refractivity contribution in [3.05, 3.63) is 58.6 Å². The number of piperazine rings is 1. The Balaban J connectivity index is 0.00000289. The first-order valence-corrected chi connectivity index (χ1v) is 12.2. The van der Waals surface area contributed by atoms with Gasteiger partial charge < -0.3 is 5.32 Å². The molecule has 172 valence electrons. The lowest BCUT2D eigenvalue weighted by Crippen LogP contribution is -2.49. The number of rotatable bonds is 6. The average molecular weight is 609 g/mol. The molecule has 1 aliphatic carbocycles. The summed E-state index contributed by atoms with van der Waals surface area (Å²) in [6.07, 6.45) is 0.296. The van der Waals surface area contributed by atoms with E-state index in [0.29, 0.717) is 18.5 Å². The van der Waals surface area contributed by atoms with Gasteiger partial charge in [-0.1, -0.05) is 12.1 Å². The highest BCUT2D eigenvalue weighted by atomic mass is 79.9. The van der Waals surface area contributed by atoms with Crippen LogP contribution in [0.25, 0.3) is 0 Å². The molecule has 0 saturated carbocycles. The van der Waals surface area contributed by atoms with Gasteiger partial charge >= 0.3 is 0 Å². The van der Waals surface area contributed by atoms with Gasteiger partial charge in [-0.2, -0.15) is 0 Å². The molecule has 1 saturated heterocycles. The second-order valence-electron chi connectivity index (χ2n) is 7.66. The van der Waals surface area contributed by atoms with Crippen molar-refractivity contribution in [1.82, 2.24) is 15.1 Å². The van der Waals surface area contributed by atoms with Crippen molar-refractivity contribution in [3.63, 3.8) is 0 Å². The van der Waals surface area contributed by atoms with Crippen LogP contribution in [-0.4, -0.2) is 59.1 Å². The van der Waals surface area contributed by atoms with Gasteiger partial charge in [-0.3, -0.25) is 29.5 Å². The molecule has 12 heteroatoms. The molecule has 2 aromatic rings. The summed E-state index contributed by atoms with van der Waals surface area (Å²) in [5.41, 5.74) is 2.69. The van der Waals surface area contributed by atoms with Crippen LogP contribution in [0.15, 0.2) is 31.8 Å². The van der Waals surface area contributed by atoms with Crippen molar-refractivity contribution in [3.8, 4) is 0 Å². The van der Waals surface area contributed by atoms with Gasteiger partial charge in [-0.25, -0.2) is 0 Å². The number of amides is 1. The van der Waals surface area contributed by atoms with E-state index in [2.05, 4.69) is 47.0 Å². The molecule has 0 spiro atoms. The van der Waals surface area contributed by atoms with E-state index in [1.165, 1.54) is 23.5 Å². The first-order valence-electron chi connectivity index (χ1n) is 9.80. The molecule has 1 amide bonds. The van der Waals surface area contributed by atoms with Crippen LogP contribution in [0.4, 0.5) is 5.69 Å². The Bertz CT molecular complexity index is 1030. The molecule has 1 aliphatic heterocycles. The van der Waals surface area contributed by atoms with Crippen LogP contribution in [0.5, 0.6) is 0 Å². The number of nitro groups is 1. The fourth-order valence-corrected chi connectivity index (χ4v) is 7.37. The Morgan fingerprint density at radius 1 is 1.12 bits per heavy atom. The number of fused-ring (bicyclic) bond motifs is 1. The molecular weight excluding hydrogens is 588 g/mol. The second kappa shape index (κ2) is 10.7. The lowest BCUT2D eigenvalue weighted by molar-refractivity contribution is -0.384. The fourth-order valence-electron chi connectivity index (χ4n) is 4.00. The fraction of sp³-hybridized carbons (Fsp3) is 0.400. The van der Waals surface area contributed by atoms with Gasteiger partial charge in [0.15, 0.2) is 5.78 Å². The van der Waals surface area contributed by atoms with Crippen LogP contribution in [0.3, 0.4) is 0 Å². The number of nitro benzene ring substituents is 1. The Labute approximate surface area is 212 Å². The lowest BCUT2D eigenvalue weighted by Gasteiger charge is -2.34. The van der Waals surface area contributed by atoms with Crippen LogP contribution in [0.2, 0.25) is 0 Å². The molecule has 1 unspecified atom stereocenters. The number of Topliss-reactive ketones (excluding diaryl/α,β-unsaturated/α-hetero) is 1. The zero-order chi connectivity index (χ0) is 22.1. The average Bonchev–Trinajstić information content (AvgIpc) is 3.21. The summed E-state index contributed by atoms with van der Waals surface area (Å²) >= 11 is 8.39. The van der Waals surface area contributed by atoms with Crippen molar-refractivity contribution in [1.29, 1.82) is 0 Å². The van der Waals surface area contributed by atoms with Crippen LogP contribution < -0.4 is 5.32 Å². The van der Waals surface area contributed by atoms with E-state index in [-0.39, 0.29) is 35.8 Å². The smallest absolute Gasteiger partial charge is 0.269 e. The van der Waals surface area contributed by atoms with E-state index in [1.807, 2.05) is 0 Å². The van der Waals surface area contributed by atoms with Crippen LogP contribution >= 0.6 is 55.6 Å². The number of benzene rings is 1. The van der Waals surface area contributed by atoms with E-state index in [1.54, 1.807) is 12.1 Å². The van der Waals surface area contributed by atoms with Gasteiger partial charge in [0.2, 0.25) is 5.91 Å². The number of thiophene rings is 1. The molecule has 1 aromatic carbocycles. The van der Waals surface area contributed by atoms with Crippen LogP contribution in [0.1, 0.15) is 33.9 Å². The first-order chi connectivity index (χ1) is 14.8. The Kier molecular flexibility index (Phi) is 8.45. The number of carbonyl (C=O) groups excluding carboxylic acids is 2. The molecule has 1 fully saturated rings. The zero-order valence-corrected chi connectivity index (χ0v) is 21.7. The summed E-state index contributed by atoms with van der Waals surface area (Å²) in [5, 5.41) is 13.8. The van der Waals surface area contributed by atoms with Crippen molar-refractivity contribution < 1.29 is 14.5 Å². The Morgan fingerprint density at radius 3 is 2.38 bits per heavy atom. The number of non-ortho nitro benzene ring substituents is 1. The van der Waals surface area contributed by atoms with Crippen LogP contribution in [0, 0.1) is 10.1 Å². The van der Waals surface area contributed by atoms with Crippen molar-refractivity contribution >= 4 is 73.0 Å². The number of hydrogen-bond donors (Lipinski definition) is 1. The van der Waals surface area contributed by atoms with E-state index < -0.39 is 4.92 Å². The van der Waals surface area contributed by atoms with Crippen molar-refractivity contribution in [2.45, 2.75) is 19.0 Å². The second-order valence-corrected chi connectivity index (χ2v) is 11.3. The number of halogens is 3. The molecule has 0 bridgehead atoms. The minimum atomic E-state index is -0.397. The maximum atomic E-state index is 12.6. The zero-order valence-electron chi connectivity index (χ0n) is 16.9. The molecule has 4 rings (SSSR count). The predicted molar refractivity (Wildman–Crippen MR) is 132 cm³/mol. The topological polar surface area (TPSA) is 95.8 Å². The number of ketones is 1. The molecule has 1 N–H and O–H groups in total. The minimum absolute atomic E-state index is 0. The third-order valence-electron chi connectivity index (χ3n) is 5.59. The van der Waals surface area contributed by atoms with Gasteiger partial charge in [-0.05, 0) is 37.4 Å². The number of nitrogens with zero attached hydrogens (tertiary/aromatic N) is 3. The van der Waals surface area contributed by atoms with Gasteiger partial charge in [0, 0.05) is 62.4 Å². The SMILES string of the molecule is Cl.O=C(CN1CCN(Cc2ccc([N+](=O)[O-])cc2)CC1)NC1CC(=O)c2c(Br)sc(Br)c21. The normalized spacial score (nSPS) is 18.8. The lowest BCUT2D eigenvalue weighted by atomic mass is 10.1. The Hall–Kier alpha value is -1.37. The molecule has 2 heterocycles. The first kappa shape index (κ1) is 25.3. The van der Waals surface area contributed by atoms with Gasteiger partial charge in [0.1, 0.15) is 0 Å². The molecular formula is C20H21Br2ClN4O4S. The molecule has 1 atom stereocenters. The standard InChI is InChI=1S/C20H20Br2N4O4S.ClH/c21-19-17-14(9-15(27)18(17)20(22)31-19)23-16(28)11-25-7-5-24(6-8-25)10-12-1-3-13(4-2-12)26(29)30;/h1-4,14H,5-11H2,(H,23,28);1H. The summed E-state index contributed by atoms with van der Waals surface area (Å²) in [6, 6.07) is 6.35. The quantitative estimate of drug-likeness (QED) is 0.391. The summed E-state index contributed by atoms with van der Waals surface area (Å²) in [7, 11) is 0. The largest absolute Gasteiger partial charge is 0.348 e. The Morgan fingerprint density at radius 2 is 1.75 bits per heavy atom. The predicted octanol–water partition coefficient (Wildman–Crippen LogP) is 4.16. The highest BCUT2D eigenvalue weighted by molar-refractivity contribution is 9.12. The minimum Gasteiger partial charge on any atom is -0.348 e. The molecule has 1 aromatic heterocycles. The maximum Gasteiger partial charge on any atom is 0.269 e. The third kappa shape index (κ3) is 5.57. The van der Waals surface area contributed by atoms with Gasteiger partial charge in [-0.15, -0.1) is 23.7 Å². The molecule has 32 heavy (non-hydrogen) atoms. The van der Waals surface area contributed by atoms with E-state index in [0.717, 1.165) is 51.4 Å². The number of nitrogens with one attached hydrogen (secondary N) is 1. The number of hydrogen-bond acceptors (Lipinski definition) is 7. The van der Waals surface area contributed by atoms with E-state index in [4.69, 9.17) is 0 Å². The van der Waals surface area contributed by atoms with Gasteiger partial charge in [0.25, 0.3) is 5.69 Å². The highest BCUT2D eigenvalue weighted by Gasteiger charge is 2.36. The molecule has 8 nitrogen and oxygen atoms in total. The summed E-state index contributed by atoms with van der Waals surface area (Å²) in [6.45, 7) is 4.20. The summed E-state index contributed by atoms with van der Waals surface area (Å²) < 4.78 is 1.69. The monoisotopic (exact) mass is 606 g/mol. The summed E-state index contributed by atoms with van der Waals surface area (Å²) in [5.74, 6) is -0.0299. The third-order valence-corrected chi connectivity index (χ3v) is 8.17. The molecule has 2 aliphatic rings. The van der Waals surface area contributed by atoms with Crippen molar-refractivity contribution in [2.75, 3.05) is 32.7 Å². The van der Waals surface area contributed by atoms with E-state index in [9.17, 15) is 19.7 Å². The highest BCUT2D eigenvalue weighted by Crippen LogP contribution is 2.46. The van der Waals surface area contributed by atoms with Gasteiger partial charge in [0.05, 0.1) is 25.1 Å². The van der Waals surface area contributed by atoms with E-state index >= 15 is 0 Å². The number of carbonyl (C=O) groups is 2.